The molecule has 1 aliphatic heterocycles. The Kier molecular flexibility index (Phi) is 2.66. The molecule has 0 amide bonds. The fraction of sp³-hybridized carbons (Fsp3) is 0.0667. The maximum absolute atomic E-state index is 11.9. The van der Waals surface area contributed by atoms with E-state index >= 15 is 0 Å². The molecule has 0 saturated heterocycles. The maximum atomic E-state index is 11.9. The van der Waals surface area contributed by atoms with Gasteiger partial charge >= 0.3 is 5.97 Å². The van der Waals surface area contributed by atoms with Crippen molar-refractivity contribution < 1.29 is 9.53 Å². The van der Waals surface area contributed by atoms with Crippen molar-refractivity contribution >= 4 is 11.7 Å². The Hall–Kier alpha value is -2.80. The second-order valence-corrected chi connectivity index (χ2v) is 4.21. The third-order valence-corrected chi connectivity index (χ3v) is 3.00. The predicted octanol–water partition coefficient (Wildman–Crippen LogP) is 2.84. The first-order valence-electron chi connectivity index (χ1n) is 5.84. The number of hydrogen-bond donors (Lipinski definition) is 1. The van der Waals surface area contributed by atoms with Crippen molar-refractivity contribution in [2.45, 2.75) is 6.23 Å². The van der Waals surface area contributed by atoms with Gasteiger partial charge in [0.15, 0.2) is 6.23 Å². The smallest absolute Gasteiger partial charge is 0.342 e. The predicted molar refractivity (Wildman–Crippen MR) is 69.4 cm³/mol. The Labute approximate surface area is 110 Å². The number of nitriles is 1. The van der Waals surface area contributed by atoms with Crippen molar-refractivity contribution in [2.75, 3.05) is 5.32 Å². The Bertz CT molecular complexity index is 671. The number of para-hydroxylation sites is 1. The number of ether oxygens (including phenoxy) is 1. The van der Waals surface area contributed by atoms with Crippen LogP contribution in [0.5, 0.6) is 0 Å². The minimum atomic E-state index is -0.518. The molecule has 0 spiro atoms. The highest BCUT2D eigenvalue weighted by Crippen LogP contribution is 2.30. The van der Waals surface area contributed by atoms with E-state index < -0.39 is 6.23 Å². The van der Waals surface area contributed by atoms with Crippen LogP contribution in [0.3, 0.4) is 0 Å². The summed E-state index contributed by atoms with van der Waals surface area (Å²) in [7, 11) is 0. The zero-order valence-electron chi connectivity index (χ0n) is 9.96. The molecule has 2 aromatic rings. The van der Waals surface area contributed by atoms with Crippen LogP contribution in [0.15, 0.2) is 48.5 Å². The van der Waals surface area contributed by atoms with Gasteiger partial charge in [0.1, 0.15) is 0 Å². The zero-order chi connectivity index (χ0) is 13.2. The fourth-order valence-corrected chi connectivity index (χ4v) is 2.01. The van der Waals surface area contributed by atoms with E-state index in [9.17, 15) is 4.79 Å². The van der Waals surface area contributed by atoms with E-state index in [1.54, 1.807) is 36.4 Å². The first-order chi connectivity index (χ1) is 9.28. The lowest BCUT2D eigenvalue weighted by Crippen LogP contribution is -2.25. The summed E-state index contributed by atoms with van der Waals surface area (Å²) in [6, 6.07) is 16.2. The number of carbonyl (C=O) groups excluding carboxylic acids is 1. The Morgan fingerprint density at radius 2 is 1.84 bits per heavy atom. The van der Waals surface area contributed by atoms with Gasteiger partial charge < -0.3 is 10.1 Å². The molecule has 0 radical (unpaired) electrons. The third kappa shape index (κ3) is 2.02. The van der Waals surface area contributed by atoms with Crippen LogP contribution in [0.1, 0.15) is 27.7 Å². The quantitative estimate of drug-likeness (QED) is 0.790. The van der Waals surface area contributed by atoms with Crippen molar-refractivity contribution in [3.05, 3.63) is 65.2 Å². The lowest BCUT2D eigenvalue weighted by Gasteiger charge is -2.26. The summed E-state index contributed by atoms with van der Waals surface area (Å²) in [5.74, 6) is -0.344. The molecule has 1 heterocycles. The summed E-state index contributed by atoms with van der Waals surface area (Å²) in [4.78, 5) is 11.9. The molecule has 19 heavy (non-hydrogen) atoms. The molecule has 1 aliphatic rings. The molecule has 1 atom stereocenters. The molecule has 0 aliphatic carbocycles. The highest BCUT2D eigenvalue weighted by molar-refractivity contribution is 5.97. The SMILES string of the molecule is N#Cc1ccc(C2Nc3ccccc3C(=O)O2)cc1. The van der Waals surface area contributed by atoms with Gasteiger partial charge in [-0.15, -0.1) is 0 Å². The van der Waals surface area contributed by atoms with E-state index in [1.807, 2.05) is 12.1 Å². The first kappa shape index (κ1) is 11.3. The second kappa shape index (κ2) is 4.46. The van der Waals surface area contributed by atoms with Gasteiger partial charge in [-0.05, 0) is 24.3 Å². The van der Waals surface area contributed by atoms with Crippen LogP contribution in [0, 0.1) is 11.3 Å². The van der Waals surface area contributed by atoms with Gasteiger partial charge in [-0.2, -0.15) is 5.26 Å². The fourth-order valence-electron chi connectivity index (χ4n) is 2.01. The van der Waals surface area contributed by atoms with Gasteiger partial charge in [0.25, 0.3) is 0 Å². The van der Waals surface area contributed by atoms with Crippen LogP contribution in [0.2, 0.25) is 0 Å². The minimum Gasteiger partial charge on any atom is -0.434 e. The molecule has 3 rings (SSSR count). The van der Waals surface area contributed by atoms with Gasteiger partial charge in [0.05, 0.1) is 22.9 Å². The van der Waals surface area contributed by atoms with Gasteiger partial charge in [0, 0.05) is 5.56 Å². The molecular formula is C15H10N2O2. The maximum Gasteiger partial charge on any atom is 0.342 e. The molecular weight excluding hydrogens is 240 g/mol. The Balaban J connectivity index is 1.92. The lowest BCUT2D eigenvalue weighted by atomic mass is 10.1. The summed E-state index contributed by atoms with van der Waals surface area (Å²) in [6.07, 6.45) is -0.518. The standard InChI is InChI=1S/C15H10N2O2/c16-9-10-5-7-11(8-6-10)14-17-13-4-2-1-3-12(13)15(18)19-14/h1-8,14,17H. The van der Waals surface area contributed by atoms with Crippen molar-refractivity contribution in [3.63, 3.8) is 0 Å². The largest absolute Gasteiger partial charge is 0.434 e. The van der Waals surface area contributed by atoms with E-state index in [0.29, 0.717) is 11.1 Å². The van der Waals surface area contributed by atoms with Crippen molar-refractivity contribution in [2.24, 2.45) is 0 Å². The number of nitrogens with zero attached hydrogens (tertiary/aromatic N) is 1. The number of hydrogen-bond acceptors (Lipinski definition) is 4. The Morgan fingerprint density at radius 1 is 1.11 bits per heavy atom. The molecule has 92 valence electrons. The number of benzene rings is 2. The van der Waals surface area contributed by atoms with Gasteiger partial charge in [-0.1, -0.05) is 24.3 Å². The van der Waals surface area contributed by atoms with Crippen molar-refractivity contribution in [1.82, 2.24) is 0 Å². The topological polar surface area (TPSA) is 62.1 Å². The molecule has 0 bridgehead atoms. The van der Waals surface area contributed by atoms with Crippen LogP contribution in [-0.4, -0.2) is 5.97 Å². The van der Waals surface area contributed by atoms with Crippen molar-refractivity contribution in [1.29, 1.82) is 5.26 Å². The van der Waals surface area contributed by atoms with Crippen LogP contribution in [0.4, 0.5) is 5.69 Å². The average molecular weight is 250 g/mol. The third-order valence-electron chi connectivity index (χ3n) is 3.00. The van der Waals surface area contributed by atoms with E-state index in [4.69, 9.17) is 10.00 Å². The van der Waals surface area contributed by atoms with Gasteiger partial charge in [0.2, 0.25) is 0 Å². The van der Waals surface area contributed by atoms with E-state index in [2.05, 4.69) is 11.4 Å². The molecule has 1 unspecified atom stereocenters. The number of fused-ring (bicyclic) bond motifs is 1. The highest BCUT2D eigenvalue weighted by atomic mass is 16.6. The molecule has 0 saturated carbocycles. The lowest BCUT2D eigenvalue weighted by molar-refractivity contribution is 0.0330. The zero-order valence-corrected chi connectivity index (χ0v) is 9.96. The summed E-state index contributed by atoms with van der Waals surface area (Å²) in [6.45, 7) is 0. The molecule has 2 aromatic carbocycles. The average Bonchev–Trinajstić information content (AvgIpc) is 2.47. The number of carbonyl (C=O) groups is 1. The van der Waals surface area contributed by atoms with Crippen LogP contribution in [-0.2, 0) is 4.74 Å². The van der Waals surface area contributed by atoms with Crippen LogP contribution >= 0.6 is 0 Å². The van der Waals surface area contributed by atoms with Crippen LogP contribution in [0.25, 0.3) is 0 Å². The summed E-state index contributed by atoms with van der Waals surface area (Å²) in [5, 5.41) is 11.9. The summed E-state index contributed by atoms with van der Waals surface area (Å²) < 4.78 is 5.34. The molecule has 4 nitrogen and oxygen atoms in total. The second-order valence-electron chi connectivity index (χ2n) is 4.21. The van der Waals surface area contributed by atoms with E-state index in [1.165, 1.54) is 0 Å². The minimum absolute atomic E-state index is 0.344. The van der Waals surface area contributed by atoms with Crippen LogP contribution < -0.4 is 5.32 Å². The number of cyclic esters (lactones) is 1. The van der Waals surface area contributed by atoms with E-state index in [0.717, 1.165) is 11.3 Å². The van der Waals surface area contributed by atoms with Crippen molar-refractivity contribution in [3.8, 4) is 6.07 Å². The number of esters is 1. The number of anilines is 1. The number of rotatable bonds is 1. The first-order valence-corrected chi connectivity index (χ1v) is 5.84. The number of nitrogens with one attached hydrogen (secondary N) is 1. The van der Waals surface area contributed by atoms with Gasteiger partial charge in [-0.25, -0.2) is 4.79 Å². The molecule has 4 heteroatoms. The monoisotopic (exact) mass is 250 g/mol. The Morgan fingerprint density at radius 3 is 2.58 bits per heavy atom. The summed E-state index contributed by atoms with van der Waals surface area (Å²) >= 11 is 0. The van der Waals surface area contributed by atoms with E-state index in [-0.39, 0.29) is 5.97 Å². The molecule has 1 N–H and O–H groups in total. The normalized spacial score (nSPS) is 16.8. The molecule has 0 aromatic heterocycles. The van der Waals surface area contributed by atoms with Gasteiger partial charge in [-0.3, -0.25) is 0 Å². The molecule has 0 fully saturated rings. The highest BCUT2D eigenvalue weighted by Gasteiger charge is 2.26. The summed E-state index contributed by atoms with van der Waals surface area (Å²) in [5.41, 5.74) is 2.67.